The lowest BCUT2D eigenvalue weighted by atomic mass is 9.99. The number of nitrogens with one attached hydrogen (secondary N) is 1. The molecule has 1 aromatic carbocycles. The van der Waals surface area contributed by atoms with Crippen molar-refractivity contribution >= 4 is 21.6 Å². The second-order valence-corrected chi connectivity index (χ2v) is 6.93. The highest BCUT2D eigenvalue weighted by atomic mass is 32.1. The molecule has 3 nitrogen and oxygen atoms in total. The summed E-state index contributed by atoms with van der Waals surface area (Å²) < 4.78 is 7.35. The van der Waals surface area contributed by atoms with Crippen LogP contribution in [-0.4, -0.2) is 24.7 Å². The number of benzene rings is 1. The van der Waals surface area contributed by atoms with Gasteiger partial charge in [-0.05, 0) is 56.8 Å². The number of para-hydroxylation sites is 1. The Morgan fingerprint density at radius 2 is 2.19 bits per heavy atom. The van der Waals surface area contributed by atoms with Crippen molar-refractivity contribution in [3.8, 4) is 5.75 Å². The van der Waals surface area contributed by atoms with Gasteiger partial charge in [0.15, 0.2) is 0 Å². The summed E-state index contributed by atoms with van der Waals surface area (Å²) in [6.07, 6.45) is 5.95. The predicted octanol–water partition coefficient (Wildman–Crippen LogP) is 4.02. The van der Waals surface area contributed by atoms with E-state index in [0.29, 0.717) is 5.92 Å². The first-order valence-electron chi connectivity index (χ1n) is 8.08. The Kier molecular flexibility index (Phi) is 5.09. The van der Waals surface area contributed by atoms with Gasteiger partial charge in [0.25, 0.3) is 0 Å². The van der Waals surface area contributed by atoms with Gasteiger partial charge in [-0.3, -0.25) is 0 Å². The third-order valence-corrected chi connectivity index (χ3v) is 5.18. The number of piperidine rings is 1. The van der Waals surface area contributed by atoms with Crippen LogP contribution in [0.2, 0.25) is 0 Å². The van der Waals surface area contributed by atoms with E-state index in [0.717, 1.165) is 37.4 Å². The third kappa shape index (κ3) is 3.74. The summed E-state index contributed by atoms with van der Waals surface area (Å²) in [4.78, 5) is 4.80. The topological polar surface area (TPSA) is 34.1 Å². The number of aromatic nitrogens is 1. The maximum atomic E-state index is 6.09. The van der Waals surface area contributed by atoms with Crippen molar-refractivity contribution in [3.05, 3.63) is 23.2 Å². The molecule has 3 rings (SSSR count). The van der Waals surface area contributed by atoms with Crippen LogP contribution >= 0.6 is 11.3 Å². The van der Waals surface area contributed by atoms with Crippen molar-refractivity contribution in [1.82, 2.24) is 10.3 Å². The number of rotatable bonds is 6. The van der Waals surface area contributed by atoms with E-state index < -0.39 is 0 Å². The Morgan fingerprint density at radius 3 is 3.00 bits per heavy atom. The quantitative estimate of drug-likeness (QED) is 0.875. The molecule has 4 heteroatoms. The van der Waals surface area contributed by atoms with Gasteiger partial charge < -0.3 is 10.1 Å². The van der Waals surface area contributed by atoms with Crippen molar-refractivity contribution in [3.63, 3.8) is 0 Å². The van der Waals surface area contributed by atoms with Gasteiger partial charge >= 0.3 is 0 Å². The highest BCUT2D eigenvalue weighted by Crippen LogP contribution is 2.31. The zero-order valence-electron chi connectivity index (χ0n) is 12.7. The Balaban J connectivity index is 1.70. The fourth-order valence-corrected chi connectivity index (χ4v) is 3.80. The van der Waals surface area contributed by atoms with E-state index in [4.69, 9.17) is 9.72 Å². The molecule has 1 saturated heterocycles. The number of fused-ring (bicyclic) bond motifs is 1. The summed E-state index contributed by atoms with van der Waals surface area (Å²) in [5.74, 6) is 1.64. The number of unbranched alkanes of at least 4 members (excludes halogenated alkanes) is 1. The Bertz CT molecular complexity index is 575. The summed E-state index contributed by atoms with van der Waals surface area (Å²) in [5.41, 5.74) is 1.06. The largest absolute Gasteiger partial charge is 0.491 e. The highest BCUT2D eigenvalue weighted by molar-refractivity contribution is 7.18. The first-order valence-corrected chi connectivity index (χ1v) is 8.90. The summed E-state index contributed by atoms with van der Waals surface area (Å²) >= 11 is 1.81. The van der Waals surface area contributed by atoms with E-state index >= 15 is 0 Å². The maximum absolute atomic E-state index is 6.09. The minimum atomic E-state index is 0.680. The minimum Gasteiger partial charge on any atom is -0.491 e. The molecule has 0 spiro atoms. The van der Waals surface area contributed by atoms with Gasteiger partial charge in [-0.1, -0.05) is 19.4 Å². The van der Waals surface area contributed by atoms with Crippen LogP contribution in [-0.2, 0) is 6.42 Å². The molecule has 2 heterocycles. The highest BCUT2D eigenvalue weighted by Gasteiger charge is 2.15. The van der Waals surface area contributed by atoms with Crippen molar-refractivity contribution in [2.45, 2.75) is 39.0 Å². The number of thiazole rings is 1. The summed E-state index contributed by atoms with van der Waals surface area (Å²) in [5, 5.41) is 4.64. The van der Waals surface area contributed by atoms with Crippen LogP contribution < -0.4 is 10.1 Å². The Labute approximate surface area is 130 Å². The molecular weight excluding hydrogens is 280 g/mol. The number of ether oxygens (including phenoxy) is 1. The van der Waals surface area contributed by atoms with Crippen LogP contribution in [0.4, 0.5) is 0 Å². The minimum absolute atomic E-state index is 0.680. The molecule has 0 amide bonds. The van der Waals surface area contributed by atoms with E-state index in [2.05, 4.69) is 30.4 Å². The molecule has 0 unspecified atom stereocenters. The number of nitrogens with zero attached hydrogens (tertiary/aromatic N) is 1. The lowest BCUT2D eigenvalue weighted by molar-refractivity contribution is 0.217. The summed E-state index contributed by atoms with van der Waals surface area (Å²) in [6.45, 7) is 5.29. The first-order chi connectivity index (χ1) is 10.4. The van der Waals surface area contributed by atoms with Crippen molar-refractivity contribution in [1.29, 1.82) is 0 Å². The zero-order valence-corrected chi connectivity index (χ0v) is 13.5. The van der Waals surface area contributed by atoms with Crippen LogP contribution in [0.25, 0.3) is 10.2 Å². The van der Waals surface area contributed by atoms with Crippen LogP contribution in [0.1, 0.15) is 37.6 Å². The van der Waals surface area contributed by atoms with Gasteiger partial charge in [-0.15, -0.1) is 11.3 Å². The average molecular weight is 304 g/mol. The SMILES string of the molecule is CCCCc1nc2c(OCC3CCNCC3)cccc2s1. The fraction of sp³-hybridized carbons (Fsp3) is 0.588. The van der Waals surface area contributed by atoms with E-state index in [9.17, 15) is 0 Å². The molecule has 1 fully saturated rings. The monoisotopic (exact) mass is 304 g/mol. The maximum Gasteiger partial charge on any atom is 0.146 e. The molecule has 0 bridgehead atoms. The van der Waals surface area contributed by atoms with E-state index in [1.807, 2.05) is 11.3 Å². The number of hydrogen-bond donors (Lipinski definition) is 1. The molecule has 1 aromatic heterocycles. The molecule has 0 radical (unpaired) electrons. The molecule has 0 saturated carbocycles. The average Bonchev–Trinajstić information content (AvgIpc) is 2.95. The molecule has 1 aliphatic rings. The molecule has 114 valence electrons. The van der Waals surface area contributed by atoms with Crippen molar-refractivity contribution in [2.24, 2.45) is 5.92 Å². The Morgan fingerprint density at radius 1 is 1.33 bits per heavy atom. The predicted molar refractivity (Wildman–Crippen MR) is 89.3 cm³/mol. The van der Waals surface area contributed by atoms with Gasteiger partial charge in [-0.25, -0.2) is 4.98 Å². The molecule has 0 atom stereocenters. The molecule has 21 heavy (non-hydrogen) atoms. The molecule has 0 aliphatic carbocycles. The van der Waals surface area contributed by atoms with Gasteiger partial charge in [-0.2, -0.15) is 0 Å². The normalized spacial score (nSPS) is 16.4. The third-order valence-electron chi connectivity index (χ3n) is 4.10. The molecule has 1 aliphatic heterocycles. The number of aryl methyl sites for hydroxylation is 1. The van der Waals surface area contributed by atoms with Crippen LogP contribution in [0.3, 0.4) is 0 Å². The van der Waals surface area contributed by atoms with Crippen LogP contribution in [0.15, 0.2) is 18.2 Å². The van der Waals surface area contributed by atoms with E-state index in [1.54, 1.807) is 0 Å². The summed E-state index contributed by atoms with van der Waals surface area (Å²) in [7, 11) is 0. The second-order valence-electron chi connectivity index (χ2n) is 5.82. The Hall–Kier alpha value is -1.13. The smallest absolute Gasteiger partial charge is 0.146 e. The van der Waals surface area contributed by atoms with Gasteiger partial charge in [0.05, 0.1) is 16.3 Å². The fourth-order valence-electron chi connectivity index (χ4n) is 2.78. The molecule has 2 aromatic rings. The lowest BCUT2D eigenvalue weighted by Gasteiger charge is -2.22. The van der Waals surface area contributed by atoms with Gasteiger partial charge in [0, 0.05) is 0 Å². The van der Waals surface area contributed by atoms with Crippen molar-refractivity contribution in [2.75, 3.05) is 19.7 Å². The van der Waals surface area contributed by atoms with Gasteiger partial charge in [0.2, 0.25) is 0 Å². The lowest BCUT2D eigenvalue weighted by Crippen LogP contribution is -2.30. The summed E-state index contributed by atoms with van der Waals surface area (Å²) in [6, 6.07) is 6.30. The molecule has 1 N–H and O–H groups in total. The second kappa shape index (κ2) is 7.23. The van der Waals surface area contributed by atoms with Crippen LogP contribution in [0, 0.1) is 5.92 Å². The van der Waals surface area contributed by atoms with E-state index in [-0.39, 0.29) is 0 Å². The van der Waals surface area contributed by atoms with E-state index in [1.165, 1.54) is 35.4 Å². The number of hydrogen-bond acceptors (Lipinski definition) is 4. The molecular formula is C17H24N2OS. The standard InChI is InChI=1S/C17H24N2OS/c1-2-3-7-16-19-17-14(5-4-6-15(17)21-16)20-12-13-8-10-18-11-9-13/h4-6,13,18H,2-3,7-12H2,1H3. The van der Waals surface area contributed by atoms with Gasteiger partial charge in [0.1, 0.15) is 11.3 Å². The van der Waals surface area contributed by atoms with Crippen LogP contribution in [0.5, 0.6) is 5.75 Å². The zero-order chi connectivity index (χ0) is 14.5. The van der Waals surface area contributed by atoms with Crippen molar-refractivity contribution < 1.29 is 4.74 Å². The first kappa shape index (κ1) is 14.8.